The fourth-order valence-corrected chi connectivity index (χ4v) is 2.96. The van der Waals surface area contributed by atoms with Gasteiger partial charge in [0.05, 0.1) is 5.56 Å². The fourth-order valence-electron chi connectivity index (χ4n) is 2.29. The third-order valence-corrected chi connectivity index (χ3v) is 4.25. The highest BCUT2D eigenvalue weighted by Crippen LogP contribution is 2.27. The van der Waals surface area contributed by atoms with Gasteiger partial charge in [-0.2, -0.15) is 0 Å². The van der Waals surface area contributed by atoms with Crippen molar-refractivity contribution in [2.45, 2.75) is 0 Å². The molecule has 0 aliphatic rings. The van der Waals surface area contributed by atoms with Gasteiger partial charge in [0.25, 0.3) is 5.91 Å². The average molecular weight is 463 g/mol. The summed E-state index contributed by atoms with van der Waals surface area (Å²) in [6.07, 6.45) is 3.36. The van der Waals surface area contributed by atoms with Gasteiger partial charge in [-0.05, 0) is 68.3 Å². The fraction of sp³-hybridized carbons (Fsp3) is 0. The standard InChI is InChI=1S/C17H9Br2N3O3/c18-10-5-9(7-20-8-10)17-22-12-6-11(1-2-13(12)25-17)21-16(23)14-3-4-15(19)24-14/h1-8H,(H,21,23). The van der Waals surface area contributed by atoms with E-state index in [4.69, 9.17) is 8.83 Å². The van der Waals surface area contributed by atoms with Crippen LogP contribution in [0.4, 0.5) is 5.69 Å². The third-order valence-electron chi connectivity index (χ3n) is 3.39. The van der Waals surface area contributed by atoms with Crippen molar-refractivity contribution in [1.29, 1.82) is 0 Å². The predicted octanol–water partition coefficient (Wildman–Crippen LogP) is 5.26. The largest absolute Gasteiger partial charge is 0.444 e. The molecule has 0 spiro atoms. The topological polar surface area (TPSA) is 81.2 Å². The number of aromatic nitrogens is 2. The molecule has 0 atom stereocenters. The van der Waals surface area contributed by atoms with Crippen LogP contribution in [0.15, 0.2) is 66.8 Å². The first-order valence-electron chi connectivity index (χ1n) is 7.17. The molecule has 0 saturated carbocycles. The summed E-state index contributed by atoms with van der Waals surface area (Å²) in [4.78, 5) is 20.7. The minimum atomic E-state index is -0.343. The first-order chi connectivity index (χ1) is 12.1. The molecule has 25 heavy (non-hydrogen) atoms. The summed E-state index contributed by atoms with van der Waals surface area (Å²) in [7, 11) is 0. The van der Waals surface area contributed by atoms with Crippen molar-refractivity contribution in [2.75, 3.05) is 5.32 Å². The number of anilines is 1. The van der Waals surface area contributed by atoms with Crippen LogP contribution in [0, 0.1) is 0 Å². The second kappa shape index (κ2) is 6.45. The smallest absolute Gasteiger partial charge is 0.291 e. The maximum atomic E-state index is 12.1. The van der Waals surface area contributed by atoms with Crippen molar-refractivity contribution < 1.29 is 13.6 Å². The van der Waals surface area contributed by atoms with E-state index in [0.29, 0.717) is 27.3 Å². The SMILES string of the molecule is O=C(Nc1ccc2oc(-c3cncc(Br)c3)nc2c1)c1ccc(Br)o1. The molecule has 3 heterocycles. The lowest BCUT2D eigenvalue weighted by Gasteiger charge is -2.02. The van der Waals surface area contributed by atoms with Gasteiger partial charge in [-0.1, -0.05) is 0 Å². The zero-order valence-corrected chi connectivity index (χ0v) is 15.7. The molecule has 3 aromatic heterocycles. The molecule has 1 N–H and O–H groups in total. The maximum Gasteiger partial charge on any atom is 0.291 e. The summed E-state index contributed by atoms with van der Waals surface area (Å²) >= 11 is 6.55. The van der Waals surface area contributed by atoms with Gasteiger partial charge in [0, 0.05) is 22.6 Å². The number of hydrogen-bond acceptors (Lipinski definition) is 5. The normalized spacial score (nSPS) is 11.0. The highest BCUT2D eigenvalue weighted by atomic mass is 79.9. The van der Waals surface area contributed by atoms with Gasteiger partial charge in [0.1, 0.15) is 5.52 Å². The number of carbonyl (C=O) groups excluding carboxylic acids is 1. The van der Waals surface area contributed by atoms with E-state index in [1.807, 2.05) is 6.07 Å². The number of halogens is 2. The number of pyridine rings is 1. The number of oxazole rings is 1. The Morgan fingerprint density at radius 2 is 1.92 bits per heavy atom. The summed E-state index contributed by atoms with van der Waals surface area (Å²) in [6.45, 7) is 0. The van der Waals surface area contributed by atoms with E-state index in [0.717, 1.165) is 10.0 Å². The number of nitrogens with zero attached hydrogens (tertiary/aromatic N) is 2. The van der Waals surface area contributed by atoms with Crippen LogP contribution in [-0.2, 0) is 0 Å². The summed E-state index contributed by atoms with van der Waals surface area (Å²) in [6, 6.07) is 10.4. The maximum absolute atomic E-state index is 12.1. The highest BCUT2D eigenvalue weighted by molar-refractivity contribution is 9.10. The van der Waals surface area contributed by atoms with Crippen molar-refractivity contribution in [3.05, 3.63) is 63.7 Å². The van der Waals surface area contributed by atoms with Gasteiger partial charge >= 0.3 is 0 Å². The van der Waals surface area contributed by atoms with Crippen LogP contribution in [0.3, 0.4) is 0 Å². The van der Waals surface area contributed by atoms with Gasteiger partial charge in [0.2, 0.25) is 5.89 Å². The molecular weight excluding hydrogens is 454 g/mol. The van der Waals surface area contributed by atoms with Gasteiger partial charge in [-0.25, -0.2) is 4.98 Å². The molecule has 4 aromatic rings. The number of fused-ring (bicyclic) bond motifs is 1. The highest BCUT2D eigenvalue weighted by Gasteiger charge is 2.13. The Labute approximate surface area is 158 Å². The molecule has 1 aromatic carbocycles. The van der Waals surface area contributed by atoms with Crippen LogP contribution in [0.1, 0.15) is 10.6 Å². The molecule has 0 saturated heterocycles. The van der Waals surface area contributed by atoms with E-state index in [1.165, 1.54) is 0 Å². The molecular formula is C17H9Br2N3O3. The zero-order valence-electron chi connectivity index (χ0n) is 12.5. The summed E-state index contributed by atoms with van der Waals surface area (Å²) in [5, 5.41) is 2.77. The zero-order chi connectivity index (χ0) is 17.4. The lowest BCUT2D eigenvalue weighted by molar-refractivity contribution is 0.0995. The third kappa shape index (κ3) is 3.35. The molecule has 4 rings (SSSR count). The quantitative estimate of drug-likeness (QED) is 0.449. The number of carbonyl (C=O) groups is 1. The average Bonchev–Trinajstić information content (AvgIpc) is 3.20. The second-order valence-corrected chi connectivity index (χ2v) is 6.85. The number of rotatable bonds is 3. The molecule has 0 unspecified atom stereocenters. The molecule has 1 amide bonds. The van der Waals surface area contributed by atoms with Crippen LogP contribution in [0.5, 0.6) is 0 Å². The Balaban J connectivity index is 1.63. The van der Waals surface area contributed by atoms with Crippen LogP contribution in [0.2, 0.25) is 0 Å². The number of nitrogens with one attached hydrogen (secondary N) is 1. The lowest BCUT2D eigenvalue weighted by Crippen LogP contribution is -2.10. The lowest BCUT2D eigenvalue weighted by atomic mass is 10.2. The van der Waals surface area contributed by atoms with E-state index in [2.05, 4.69) is 47.1 Å². The molecule has 0 fully saturated rings. The van der Waals surface area contributed by atoms with E-state index in [-0.39, 0.29) is 11.7 Å². The van der Waals surface area contributed by atoms with Crippen LogP contribution in [-0.4, -0.2) is 15.9 Å². The molecule has 0 aliphatic carbocycles. The molecule has 0 radical (unpaired) electrons. The van der Waals surface area contributed by atoms with Gasteiger partial charge < -0.3 is 14.2 Å². The molecule has 0 aliphatic heterocycles. The van der Waals surface area contributed by atoms with Crippen molar-refractivity contribution in [3.8, 4) is 11.5 Å². The van der Waals surface area contributed by atoms with Crippen molar-refractivity contribution >= 4 is 54.6 Å². The Hall–Kier alpha value is -2.45. The molecule has 124 valence electrons. The van der Waals surface area contributed by atoms with E-state index in [9.17, 15) is 4.79 Å². The monoisotopic (exact) mass is 461 g/mol. The van der Waals surface area contributed by atoms with Gasteiger partial charge in [-0.15, -0.1) is 0 Å². The minimum absolute atomic E-state index is 0.216. The number of hydrogen-bond donors (Lipinski definition) is 1. The number of furan rings is 1. The van der Waals surface area contributed by atoms with Crippen molar-refractivity contribution in [2.24, 2.45) is 0 Å². The first-order valence-corrected chi connectivity index (χ1v) is 8.75. The van der Waals surface area contributed by atoms with Crippen molar-refractivity contribution in [3.63, 3.8) is 0 Å². The number of amides is 1. The van der Waals surface area contributed by atoms with Gasteiger partial charge in [-0.3, -0.25) is 9.78 Å². The Bertz CT molecular complexity index is 1090. The van der Waals surface area contributed by atoms with E-state index < -0.39 is 0 Å². The predicted molar refractivity (Wildman–Crippen MR) is 99.3 cm³/mol. The van der Waals surface area contributed by atoms with Crippen LogP contribution >= 0.6 is 31.9 Å². The Morgan fingerprint density at radius 1 is 1.04 bits per heavy atom. The molecule has 6 nitrogen and oxygen atoms in total. The second-order valence-electron chi connectivity index (χ2n) is 5.15. The molecule has 8 heteroatoms. The Morgan fingerprint density at radius 3 is 2.68 bits per heavy atom. The molecule has 0 bridgehead atoms. The first kappa shape index (κ1) is 16.0. The van der Waals surface area contributed by atoms with Gasteiger partial charge in [0.15, 0.2) is 16.0 Å². The Kier molecular flexibility index (Phi) is 4.14. The van der Waals surface area contributed by atoms with Crippen LogP contribution in [0.25, 0.3) is 22.6 Å². The minimum Gasteiger partial charge on any atom is -0.444 e. The van der Waals surface area contributed by atoms with Crippen LogP contribution < -0.4 is 5.32 Å². The summed E-state index contributed by atoms with van der Waals surface area (Å²) in [5.74, 6) is 0.334. The van der Waals surface area contributed by atoms with E-state index >= 15 is 0 Å². The summed E-state index contributed by atoms with van der Waals surface area (Å²) in [5.41, 5.74) is 2.61. The van der Waals surface area contributed by atoms with Crippen molar-refractivity contribution in [1.82, 2.24) is 9.97 Å². The summed E-state index contributed by atoms with van der Waals surface area (Å²) < 4.78 is 12.3. The van der Waals surface area contributed by atoms with E-state index in [1.54, 1.807) is 42.7 Å². The number of benzene rings is 1.